The number of hydrogen-bond donors (Lipinski definition) is 1. The van der Waals surface area contributed by atoms with Crippen molar-refractivity contribution in [3.63, 3.8) is 0 Å². The van der Waals surface area contributed by atoms with Gasteiger partial charge in [0, 0.05) is 12.5 Å². The van der Waals surface area contributed by atoms with E-state index in [-0.39, 0.29) is 0 Å². The average molecular weight is 251 g/mol. The summed E-state index contributed by atoms with van der Waals surface area (Å²) in [6.07, 6.45) is 5.66. The van der Waals surface area contributed by atoms with Crippen LogP contribution in [0.5, 0.6) is 0 Å². The minimum Gasteiger partial charge on any atom is -0.379 e. The van der Waals surface area contributed by atoms with E-state index in [1.165, 1.54) is 12.8 Å². The molecule has 0 spiro atoms. The van der Waals surface area contributed by atoms with E-state index in [0.29, 0.717) is 25.0 Å². The largest absolute Gasteiger partial charge is 0.379 e. The van der Waals surface area contributed by atoms with Gasteiger partial charge in [-0.15, -0.1) is 0 Å². The van der Waals surface area contributed by atoms with Gasteiger partial charge in [0.1, 0.15) is 5.54 Å². The number of nitrogens with zero attached hydrogens (tertiary/aromatic N) is 2. The Morgan fingerprint density at radius 1 is 1.39 bits per heavy atom. The molecule has 1 aliphatic heterocycles. The summed E-state index contributed by atoms with van der Waals surface area (Å²) in [5.41, 5.74) is 5.67. The zero-order valence-corrected chi connectivity index (χ0v) is 10.9. The summed E-state index contributed by atoms with van der Waals surface area (Å²) < 4.78 is 10.7. The standard InChI is InChI=1S/C13H21N3O2/c1-9-3-2-4-10(7-9)11-15-12(18-16-11)13(14)5-6-17-8-13/h9-10H,2-8,14H2,1H3. The molecule has 2 fully saturated rings. The minimum absolute atomic E-state index is 0.442. The van der Waals surface area contributed by atoms with Gasteiger partial charge in [-0.05, 0) is 25.2 Å². The zero-order chi connectivity index (χ0) is 12.6. The molecule has 5 heteroatoms. The normalized spacial score (nSPS) is 37.0. The fraction of sp³-hybridized carbons (Fsp3) is 0.846. The quantitative estimate of drug-likeness (QED) is 0.869. The lowest BCUT2D eigenvalue weighted by atomic mass is 9.82. The van der Waals surface area contributed by atoms with Crippen LogP contribution in [0.25, 0.3) is 0 Å². The molecular formula is C13H21N3O2. The van der Waals surface area contributed by atoms with Crippen molar-refractivity contribution in [1.29, 1.82) is 0 Å². The van der Waals surface area contributed by atoms with Gasteiger partial charge in [0.25, 0.3) is 0 Å². The van der Waals surface area contributed by atoms with Crippen LogP contribution in [-0.4, -0.2) is 23.4 Å². The molecule has 3 atom stereocenters. The molecule has 2 N–H and O–H groups in total. The van der Waals surface area contributed by atoms with Crippen LogP contribution in [0.3, 0.4) is 0 Å². The molecule has 2 heterocycles. The van der Waals surface area contributed by atoms with Crippen LogP contribution < -0.4 is 5.73 Å². The van der Waals surface area contributed by atoms with Crippen LogP contribution in [0.2, 0.25) is 0 Å². The maximum Gasteiger partial charge on any atom is 0.249 e. The lowest BCUT2D eigenvalue weighted by Gasteiger charge is -2.24. The Balaban J connectivity index is 1.76. The highest BCUT2D eigenvalue weighted by Gasteiger charge is 2.38. The summed E-state index contributed by atoms with van der Waals surface area (Å²) in [7, 11) is 0. The molecule has 0 amide bonds. The van der Waals surface area contributed by atoms with Gasteiger partial charge in [0.15, 0.2) is 5.82 Å². The van der Waals surface area contributed by atoms with Crippen LogP contribution in [0.4, 0.5) is 0 Å². The molecular weight excluding hydrogens is 230 g/mol. The highest BCUT2D eigenvalue weighted by molar-refractivity contribution is 5.07. The monoisotopic (exact) mass is 251 g/mol. The topological polar surface area (TPSA) is 74.2 Å². The van der Waals surface area contributed by atoms with Crippen LogP contribution in [0.15, 0.2) is 4.52 Å². The molecule has 1 saturated heterocycles. The molecule has 0 bridgehead atoms. The van der Waals surface area contributed by atoms with Gasteiger partial charge in [-0.25, -0.2) is 0 Å². The third-order valence-electron chi connectivity index (χ3n) is 4.22. The smallest absolute Gasteiger partial charge is 0.249 e. The van der Waals surface area contributed by atoms with E-state index >= 15 is 0 Å². The summed E-state index contributed by atoms with van der Waals surface area (Å²) in [6, 6.07) is 0. The van der Waals surface area contributed by atoms with Gasteiger partial charge in [0.2, 0.25) is 5.89 Å². The van der Waals surface area contributed by atoms with Crippen molar-refractivity contribution in [2.24, 2.45) is 11.7 Å². The summed E-state index contributed by atoms with van der Waals surface area (Å²) in [5, 5.41) is 4.14. The first kappa shape index (κ1) is 12.1. The lowest BCUT2D eigenvalue weighted by Crippen LogP contribution is -2.37. The van der Waals surface area contributed by atoms with Crippen LogP contribution >= 0.6 is 0 Å². The molecule has 1 aliphatic carbocycles. The minimum atomic E-state index is -0.564. The van der Waals surface area contributed by atoms with Crippen molar-refractivity contribution in [2.45, 2.75) is 50.5 Å². The van der Waals surface area contributed by atoms with Gasteiger partial charge >= 0.3 is 0 Å². The lowest BCUT2D eigenvalue weighted by molar-refractivity contribution is 0.166. The Kier molecular flexibility index (Phi) is 3.11. The summed E-state index contributed by atoms with van der Waals surface area (Å²) in [5.74, 6) is 2.59. The predicted octanol–water partition coefficient (Wildman–Crippen LogP) is 1.94. The second kappa shape index (κ2) is 4.63. The first-order chi connectivity index (χ1) is 8.67. The maximum atomic E-state index is 6.23. The van der Waals surface area contributed by atoms with Gasteiger partial charge in [-0.1, -0.05) is 24.9 Å². The molecule has 1 aromatic heterocycles. The van der Waals surface area contributed by atoms with Crippen molar-refractivity contribution < 1.29 is 9.26 Å². The van der Waals surface area contributed by atoms with Gasteiger partial charge in [-0.3, -0.25) is 0 Å². The van der Waals surface area contributed by atoms with Crippen molar-refractivity contribution in [3.8, 4) is 0 Å². The SMILES string of the molecule is CC1CCCC(c2noc(C3(N)CCOC3)n2)C1. The van der Waals surface area contributed by atoms with Gasteiger partial charge in [0.05, 0.1) is 6.61 Å². The number of nitrogens with two attached hydrogens (primary N) is 1. The molecule has 18 heavy (non-hydrogen) atoms. The summed E-state index contributed by atoms with van der Waals surface area (Å²) in [4.78, 5) is 4.54. The van der Waals surface area contributed by atoms with Crippen LogP contribution in [0.1, 0.15) is 56.7 Å². The Hall–Kier alpha value is -0.940. The van der Waals surface area contributed by atoms with E-state index in [2.05, 4.69) is 17.1 Å². The first-order valence-corrected chi connectivity index (χ1v) is 6.88. The van der Waals surface area contributed by atoms with Gasteiger partial charge < -0.3 is 15.0 Å². The van der Waals surface area contributed by atoms with E-state index in [1.54, 1.807) is 0 Å². The number of ether oxygens (including phenoxy) is 1. The molecule has 0 aromatic carbocycles. The highest BCUT2D eigenvalue weighted by Crippen LogP contribution is 2.35. The molecule has 2 aliphatic rings. The van der Waals surface area contributed by atoms with E-state index in [1.807, 2.05) is 0 Å². The Labute approximate surface area is 107 Å². The first-order valence-electron chi connectivity index (χ1n) is 6.88. The second-order valence-corrected chi connectivity index (χ2v) is 5.89. The molecule has 0 radical (unpaired) electrons. The summed E-state index contributed by atoms with van der Waals surface area (Å²) in [6.45, 7) is 3.45. The molecule has 100 valence electrons. The zero-order valence-electron chi connectivity index (χ0n) is 10.9. The summed E-state index contributed by atoms with van der Waals surface area (Å²) >= 11 is 0. The number of rotatable bonds is 2. The molecule has 1 saturated carbocycles. The Morgan fingerprint density at radius 2 is 2.28 bits per heavy atom. The molecule has 1 aromatic rings. The maximum absolute atomic E-state index is 6.23. The van der Waals surface area contributed by atoms with Crippen molar-refractivity contribution in [2.75, 3.05) is 13.2 Å². The third kappa shape index (κ3) is 2.17. The van der Waals surface area contributed by atoms with E-state index in [0.717, 1.165) is 31.0 Å². The number of aromatic nitrogens is 2. The fourth-order valence-corrected chi connectivity index (χ4v) is 3.02. The Morgan fingerprint density at radius 3 is 3.00 bits per heavy atom. The fourth-order valence-electron chi connectivity index (χ4n) is 3.02. The van der Waals surface area contributed by atoms with Crippen molar-refractivity contribution in [1.82, 2.24) is 10.1 Å². The van der Waals surface area contributed by atoms with Crippen LogP contribution in [-0.2, 0) is 10.3 Å². The molecule has 3 unspecified atom stereocenters. The van der Waals surface area contributed by atoms with E-state index in [4.69, 9.17) is 15.0 Å². The van der Waals surface area contributed by atoms with E-state index < -0.39 is 5.54 Å². The Bertz CT molecular complexity index is 412. The van der Waals surface area contributed by atoms with Gasteiger partial charge in [-0.2, -0.15) is 4.98 Å². The second-order valence-electron chi connectivity index (χ2n) is 5.89. The predicted molar refractivity (Wildman–Crippen MR) is 66.0 cm³/mol. The highest BCUT2D eigenvalue weighted by atomic mass is 16.5. The molecule has 5 nitrogen and oxygen atoms in total. The van der Waals surface area contributed by atoms with Crippen molar-refractivity contribution in [3.05, 3.63) is 11.7 Å². The van der Waals surface area contributed by atoms with Crippen molar-refractivity contribution >= 4 is 0 Å². The third-order valence-corrected chi connectivity index (χ3v) is 4.22. The molecule has 3 rings (SSSR count). The number of hydrogen-bond acceptors (Lipinski definition) is 5. The average Bonchev–Trinajstić information content (AvgIpc) is 2.98. The van der Waals surface area contributed by atoms with Crippen LogP contribution in [0, 0.1) is 5.92 Å². The van der Waals surface area contributed by atoms with E-state index in [9.17, 15) is 0 Å².